The van der Waals surface area contributed by atoms with Gasteiger partial charge in [-0.1, -0.05) is 0 Å². The summed E-state index contributed by atoms with van der Waals surface area (Å²) in [5.74, 6) is -0.456. The fourth-order valence-electron chi connectivity index (χ4n) is 0.810. The standard InChI is InChI=1S/C7H8NO2/c1-2-5-8-6(9)3-4-7(8)10/h3-4H,1-2,5H2/q+1. The number of carbonyl (C=O) groups excluding carboxylic acids is 2. The van der Waals surface area contributed by atoms with E-state index in [9.17, 15) is 9.59 Å². The fraction of sp³-hybridized carbons (Fsp3) is 0.286. The highest BCUT2D eigenvalue weighted by Crippen LogP contribution is 2.02. The van der Waals surface area contributed by atoms with Crippen molar-refractivity contribution in [3.63, 3.8) is 0 Å². The molecule has 2 amide bonds. The molecular formula is C7H8NO2+. The van der Waals surface area contributed by atoms with Crippen molar-refractivity contribution in [1.29, 1.82) is 0 Å². The van der Waals surface area contributed by atoms with Crippen LogP contribution in [0.4, 0.5) is 0 Å². The number of imide groups is 1. The molecule has 0 spiro atoms. The van der Waals surface area contributed by atoms with Crippen molar-refractivity contribution in [2.24, 2.45) is 0 Å². The van der Waals surface area contributed by atoms with Gasteiger partial charge in [0, 0.05) is 12.2 Å². The third-order valence-electron chi connectivity index (χ3n) is 1.28. The van der Waals surface area contributed by atoms with Crippen LogP contribution in [-0.4, -0.2) is 23.3 Å². The molecule has 0 atom stereocenters. The van der Waals surface area contributed by atoms with Gasteiger partial charge in [-0.05, 0) is 0 Å². The Kier molecular flexibility index (Phi) is 1.76. The van der Waals surface area contributed by atoms with E-state index in [4.69, 9.17) is 0 Å². The first-order valence-corrected chi connectivity index (χ1v) is 3.08. The van der Waals surface area contributed by atoms with Crippen LogP contribution < -0.4 is 0 Å². The van der Waals surface area contributed by atoms with Gasteiger partial charge in [0.05, 0.1) is 13.5 Å². The number of rotatable bonds is 2. The van der Waals surface area contributed by atoms with Crippen LogP contribution in [0.2, 0.25) is 0 Å². The molecule has 0 N–H and O–H groups in total. The van der Waals surface area contributed by atoms with Crippen LogP contribution in [0.25, 0.3) is 0 Å². The van der Waals surface area contributed by atoms with E-state index in [1.807, 2.05) is 0 Å². The molecular weight excluding hydrogens is 130 g/mol. The van der Waals surface area contributed by atoms with Gasteiger partial charge in [0.1, 0.15) is 6.42 Å². The summed E-state index contributed by atoms with van der Waals surface area (Å²) in [5, 5.41) is 0. The molecule has 1 heterocycles. The smallest absolute Gasteiger partial charge is 0.253 e. The summed E-state index contributed by atoms with van der Waals surface area (Å²) in [6, 6.07) is 0. The largest absolute Gasteiger partial charge is 0.271 e. The lowest BCUT2D eigenvalue weighted by molar-refractivity contribution is -0.136. The average Bonchev–Trinajstić information content (AvgIpc) is 2.20. The topological polar surface area (TPSA) is 37.4 Å². The van der Waals surface area contributed by atoms with E-state index in [1.54, 1.807) is 0 Å². The molecule has 1 rings (SSSR count). The van der Waals surface area contributed by atoms with Gasteiger partial charge in [0.2, 0.25) is 0 Å². The molecule has 1 aliphatic rings. The second-order valence-corrected chi connectivity index (χ2v) is 2.02. The highest BCUT2D eigenvalue weighted by atomic mass is 16.2. The Hall–Kier alpha value is -1.25. The van der Waals surface area contributed by atoms with Gasteiger partial charge >= 0.3 is 0 Å². The van der Waals surface area contributed by atoms with E-state index in [0.717, 1.165) is 0 Å². The quantitative estimate of drug-likeness (QED) is 0.402. The first-order valence-electron chi connectivity index (χ1n) is 3.08. The molecule has 3 nitrogen and oxygen atoms in total. The predicted octanol–water partition coefficient (Wildman–Crippen LogP) is 0.136. The van der Waals surface area contributed by atoms with E-state index in [1.165, 1.54) is 17.1 Å². The summed E-state index contributed by atoms with van der Waals surface area (Å²) in [5.41, 5.74) is 0. The Morgan fingerprint density at radius 1 is 1.30 bits per heavy atom. The molecule has 0 bridgehead atoms. The third kappa shape index (κ3) is 1.03. The molecule has 10 heavy (non-hydrogen) atoms. The van der Waals surface area contributed by atoms with Crippen LogP contribution in [0, 0.1) is 6.92 Å². The maximum atomic E-state index is 10.8. The minimum Gasteiger partial charge on any atom is -0.271 e. The molecule has 0 aliphatic carbocycles. The maximum absolute atomic E-state index is 10.8. The van der Waals surface area contributed by atoms with Crippen LogP contribution in [0.3, 0.4) is 0 Å². The summed E-state index contributed by atoms with van der Waals surface area (Å²) >= 11 is 0. The molecule has 0 fully saturated rings. The Balaban J connectivity index is 2.60. The number of amides is 2. The molecule has 0 aromatic heterocycles. The fourth-order valence-corrected chi connectivity index (χ4v) is 0.810. The number of nitrogens with zero attached hydrogens (tertiary/aromatic N) is 1. The van der Waals surface area contributed by atoms with Crippen LogP contribution in [0.1, 0.15) is 6.42 Å². The van der Waals surface area contributed by atoms with Crippen molar-refractivity contribution in [2.45, 2.75) is 6.42 Å². The van der Waals surface area contributed by atoms with Crippen molar-refractivity contribution in [3.05, 3.63) is 19.1 Å². The number of carbonyl (C=O) groups is 2. The highest BCUT2D eigenvalue weighted by molar-refractivity contribution is 6.12. The monoisotopic (exact) mass is 138 g/mol. The van der Waals surface area contributed by atoms with Crippen molar-refractivity contribution in [2.75, 3.05) is 6.54 Å². The van der Waals surface area contributed by atoms with Gasteiger partial charge in [-0.25, -0.2) is 0 Å². The van der Waals surface area contributed by atoms with Gasteiger partial charge in [0.25, 0.3) is 11.8 Å². The summed E-state index contributed by atoms with van der Waals surface area (Å²) in [6.07, 6.45) is 3.12. The van der Waals surface area contributed by atoms with Gasteiger partial charge in [-0.3, -0.25) is 14.5 Å². The Labute approximate surface area is 59.3 Å². The molecule has 1 aliphatic heterocycles. The van der Waals surface area contributed by atoms with E-state index >= 15 is 0 Å². The van der Waals surface area contributed by atoms with Crippen molar-refractivity contribution in [3.8, 4) is 0 Å². The molecule has 0 saturated carbocycles. The van der Waals surface area contributed by atoms with E-state index < -0.39 is 0 Å². The molecule has 0 saturated heterocycles. The van der Waals surface area contributed by atoms with Crippen molar-refractivity contribution >= 4 is 11.8 Å². The second kappa shape index (κ2) is 2.56. The molecule has 0 aromatic carbocycles. The average molecular weight is 138 g/mol. The molecule has 3 heteroatoms. The second-order valence-electron chi connectivity index (χ2n) is 2.02. The SMILES string of the molecule is [CH2+]CCN1C(=O)C=CC1=O. The van der Waals surface area contributed by atoms with Gasteiger partial charge in [-0.15, -0.1) is 0 Å². The lowest BCUT2D eigenvalue weighted by Gasteiger charge is -2.08. The summed E-state index contributed by atoms with van der Waals surface area (Å²) < 4.78 is 0. The summed E-state index contributed by atoms with van der Waals surface area (Å²) in [4.78, 5) is 22.7. The first-order chi connectivity index (χ1) is 4.75. The predicted molar refractivity (Wildman–Crippen MR) is 35.8 cm³/mol. The first kappa shape index (κ1) is 6.86. The maximum Gasteiger partial charge on any atom is 0.253 e. The van der Waals surface area contributed by atoms with Gasteiger partial charge < -0.3 is 0 Å². The normalized spacial score (nSPS) is 17.0. The van der Waals surface area contributed by atoms with Crippen LogP contribution in [-0.2, 0) is 9.59 Å². The van der Waals surface area contributed by atoms with Crippen LogP contribution in [0.15, 0.2) is 12.2 Å². The zero-order valence-electron chi connectivity index (χ0n) is 5.54. The Morgan fingerprint density at radius 3 is 2.20 bits per heavy atom. The van der Waals surface area contributed by atoms with E-state index in [2.05, 4.69) is 6.92 Å². The molecule has 0 radical (unpaired) electrons. The zero-order valence-corrected chi connectivity index (χ0v) is 5.54. The van der Waals surface area contributed by atoms with Gasteiger partial charge in [0.15, 0.2) is 0 Å². The Bertz CT molecular complexity index is 178. The molecule has 52 valence electrons. The highest BCUT2D eigenvalue weighted by Gasteiger charge is 2.22. The third-order valence-corrected chi connectivity index (χ3v) is 1.28. The minimum absolute atomic E-state index is 0.228. The Morgan fingerprint density at radius 2 is 1.80 bits per heavy atom. The van der Waals surface area contributed by atoms with Crippen molar-refractivity contribution in [1.82, 2.24) is 4.90 Å². The molecule has 0 aromatic rings. The van der Waals surface area contributed by atoms with Crippen LogP contribution in [0.5, 0.6) is 0 Å². The van der Waals surface area contributed by atoms with Crippen molar-refractivity contribution < 1.29 is 9.59 Å². The number of hydrogen-bond acceptors (Lipinski definition) is 2. The summed E-state index contributed by atoms with van der Waals surface area (Å²) in [6.45, 7) is 3.97. The van der Waals surface area contributed by atoms with E-state index in [0.29, 0.717) is 13.0 Å². The van der Waals surface area contributed by atoms with Gasteiger partial charge in [-0.2, -0.15) is 0 Å². The molecule has 0 unspecified atom stereocenters. The lowest BCUT2D eigenvalue weighted by atomic mass is 10.4. The zero-order chi connectivity index (χ0) is 7.56. The number of hydrogen-bond donors (Lipinski definition) is 0. The minimum atomic E-state index is -0.228. The van der Waals surface area contributed by atoms with E-state index in [-0.39, 0.29) is 11.8 Å². The lowest BCUT2D eigenvalue weighted by Crippen LogP contribution is -2.30. The van der Waals surface area contributed by atoms with Crippen LogP contribution >= 0.6 is 0 Å². The summed E-state index contributed by atoms with van der Waals surface area (Å²) in [7, 11) is 0.